The van der Waals surface area contributed by atoms with Gasteiger partial charge in [-0.25, -0.2) is 4.98 Å². The molecule has 3 nitrogen and oxygen atoms in total. The summed E-state index contributed by atoms with van der Waals surface area (Å²) in [5.41, 5.74) is 1.13. The van der Waals surface area contributed by atoms with Crippen molar-refractivity contribution >= 4 is 21.7 Å². The molecule has 1 N–H and O–H groups in total. The number of nitrogens with zero attached hydrogens (tertiary/aromatic N) is 1. The summed E-state index contributed by atoms with van der Waals surface area (Å²) in [5.74, 6) is 0.895. The van der Waals surface area contributed by atoms with Gasteiger partial charge in [-0.15, -0.1) is 0 Å². The van der Waals surface area contributed by atoms with Crippen molar-refractivity contribution in [1.82, 2.24) is 4.98 Å². The van der Waals surface area contributed by atoms with Gasteiger partial charge in [-0.3, -0.25) is 0 Å². The van der Waals surface area contributed by atoms with Gasteiger partial charge in [0.05, 0.1) is 16.1 Å². The average molecular weight is 271 g/mol. The normalized spacial score (nSPS) is 28.9. The van der Waals surface area contributed by atoms with Gasteiger partial charge in [-0.1, -0.05) is 0 Å². The van der Waals surface area contributed by atoms with Gasteiger partial charge in [0.1, 0.15) is 5.82 Å². The van der Waals surface area contributed by atoms with E-state index in [9.17, 15) is 0 Å². The Hall–Kier alpha value is -0.610. The van der Waals surface area contributed by atoms with Gasteiger partial charge in [-0.2, -0.15) is 0 Å². The summed E-state index contributed by atoms with van der Waals surface area (Å²) in [7, 11) is 1.75. The summed E-state index contributed by atoms with van der Waals surface area (Å²) in [5, 5.41) is 3.37. The Morgan fingerprint density at radius 2 is 2.40 bits per heavy atom. The zero-order valence-corrected chi connectivity index (χ0v) is 10.8. The first kappa shape index (κ1) is 10.9. The highest BCUT2D eigenvalue weighted by Gasteiger charge is 2.51. The van der Waals surface area contributed by atoms with Crippen LogP contribution in [0.5, 0.6) is 0 Å². The molecule has 0 unspecified atom stereocenters. The van der Waals surface area contributed by atoms with Gasteiger partial charge in [0.25, 0.3) is 0 Å². The quantitative estimate of drug-likeness (QED) is 0.917. The number of rotatable bonds is 3. The predicted octanol–water partition coefficient (Wildman–Crippen LogP) is 2.74. The second-order valence-electron chi connectivity index (χ2n) is 4.26. The molecule has 1 aromatic rings. The van der Waals surface area contributed by atoms with E-state index in [-0.39, 0.29) is 5.60 Å². The van der Waals surface area contributed by atoms with E-state index in [4.69, 9.17) is 4.74 Å². The van der Waals surface area contributed by atoms with E-state index in [0.717, 1.165) is 22.3 Å². The highest BCUT2D eigenvalue weighted by molar-refractivity contribution is 9.10. The number of ether oxygens (including phenoxy) is 1. The molecular formula is C11H15BrN2O. The molecule has 0 amide bonds. The number of hydrogen-bond acceptors (Lipinski definition) is 3. The third-order valence-corrected chi connectivity index (χ3v) is 3.55. The predicted molar refractivity (Wildman–Crippen MR) is 64.1 cm³/mol. The van der Waals surface area contributed by atoms with Gasteiger partial charge >= 0.3 is 0 Å². The number of anilines is 1. The molecule has 0 bridgehead atoms. The Morgan fingerprint density at radius 1 is 1.67 bits per heavy atom. The molecule has 15 heavy (non-hydrogen) atoms. The Morgan fingerprint density at radius 3 is 2.93 bits per heavy atom. The minimum Gasteiger partial charge on any atom is -0.376 e. The van der Waals surface area contributed by atoms with Gasteiger partial charge in [-0.05, 0) is 41.4 Å². The molecule has 1 aliphatic carbocycles. The molecule has 1 heterocycles. The number of methoxy groups -OCH3 is 1. The highest BCUT2D eigenvalue weighted by Crippen LogP contribution is 2.41. The number of hydrogen-bond donors (Lipinski definition) is 1. The van der Waals surface area contributed by atoms with Crippen molar-refractivity contribution in [2.75, 3.05) is 12.4 Å². The molecular weight excluding hydrogens is 256 g/mol. The Balaban J connectivity index is 2.07. The lowest BCUT2D eigenvalue weighted by molar-refractivity contribution is 0.0936. The van der Waals surface area contributed by atoms with Crippen LogP contribution in [0, 0.1) is 6.92 Å². The molecule has 2 atom stereocenters. The van der Waals surface area contributed by atoms with Gasteiger partial charge in [0, 0.05) is 19.7 Å². The molecule has 1 saturated carbocycles. The standard InChI is InChI=1S/C11H15BrN2O/c1-7-4-8(12)10(13-6-7)14-9-5-11(9,2)15-3/h4,6,9H,5H2,1-3H3,(H,13,14)/t9-,11+/m1/s1. The van der Waals surface area contributed by atoms with Crippen LogP contribution in [-0.2, 0) is 4.74 Å². The molecule has 0 spiro atoms. The van der Waals surface area contributed by atoms with Crippen LogP contribution in [0.2, 0.25) is 0 Å². The topological polar surface area (TPSA) is 34.1 Å². The molecule has 0 aromatic carbocycles. The van der Waals surface area contributed by atoms with E-state index in [2.05, 4.69) is 39.2 Å². The van der Waals surface area contributed by atoms with E-state index < -0.39 is 0 Å². The second kappa shape index (κ2) is 3.76. The number of aromatic nitrogens is 1. The van der Waals surface area contributed by atoms with Crippen LogP contribution < -0.4 is 5.32 Å². The van der Waals surface area contributed by atoms with Crippen LogP contribution in [-0.4, -0.2) is 23.7 Å². The smallest absolute Gasteiger partial charge is 0.140 e. The van der Waals surface area contributed by atoms with E-state index in [1.165, 1.54) is 0 Å². The van der Waals surface area contributed by atoms with Crippen molar-refractivity contribution in [1.29, 1.82) is 0 Å². The van der Waals surface area contributed by atoms with Crippen LogP contribution in [0.15, 0.2) is 16.7 Å². The Bertz CT molecular complexity index is 383. The van der Waals surface area contributed by atoms with E-state index >= 15 is 0 Å². The molecule has 1 aliphatic rings. The first-order valence-corrected chi connectivity index (χ1v) is 5.78. The molecule has 2 rings (SSSR count). The van der Waals surface area contributed by atoms with Crippen LogP contribution in [0.25, 0.3) is 0 Å². The number of halogens is 1. The summed E-state index contributed by atoms with van der Waals surface area (Å²) < 4.78 is 6.40. The first-order valence-electron chi connectivity index (χ1n) is 4.99. The van der Waals surface area contributed by atoms with Crippen LogP contribution in [0.4, 0.5) is 5.82 Å². The zero-order chi connectivity index (χ0) is 11.1. The number of nitrogens with one attached hydrogen (secondary N) is 1. The fraction of sp³-hybridized carbons (Fsp3) is 0.545. The van der Waals surface area contributed by atoms with Gasteiger partial charge in [0.2, 0.25) is 0 Å². The third kappa shape index (κ3) is 2.16. The maximum absolute atomic E-state index is 5.39. The van der Waals surface area contributed by atoms with Crippen molar-refractivity contribution in [3.8, 4) is 0 Å². The highest BCUT2D eigenvalue weighted by atomic mass is 79.9. The molecule has 82 valence electrons. The number of pyridine rings is 1. The molecule has 0 saturated heterocycles. The largest absolute Gasteiger partial charge is 0.376 e. The number of aryl methyl sites for hydroxylation is 1. The summed E-state index contributed by atoms with van der Waals surface area (Å²) in [4.78, 5) is 4.34. The summed E-state index contributed by atoms with van der Waals surface area (Å²) in [6.07, 6.45) is 2.89. The van der Waals surface area contributed by atoms with Crippen molar-refractivity contribution < 1.29 is 4.74 Å². The fourth-order valence-corrected chi connectivity index (χ4v) is 2.16. The monoisotopic (exact) mass is 270 g/mol. The average Bonchev–Trinajstić information content (AvgIpc) is 2.83. The minimum absolute atomic E-state index is 0.0218. The fourth-order valence-electron chi connectivity index (χ4n) is 1.58. The van der Waals surface area contributed by atoms with Crippen molar-refractivity contribution in [3.05, 3.63) is 22.3 Å². The SMILES string of the molecule is CO[C@@]1(C)C[C@H]1Nc1ncc(C)cc1Br. The van der Waals surface area contributed by atoms with Crippen molar-refractivity contribution in [2.24, 2.45) is 0 Å². The van der Waals surface area contributed by atoms with E-state index in [1.807, 2.05) is 13.1 Å². The lowest BCUT2D eigenvalue weighted by atomic mass is 10.3. The summed E-state index contributed by atoms with van der Waals surface area (Å²) >= 11 is 3.50. The second-order valence-corrected chi connectivity index (χ2v) is 5.12. The lowest BCUT2D eigenvalue weighted by Gasteiger charge is -2.11. The van der Waals surface area contributed by atoms with Crippen LogP contribution in [0.1, 0.15) is 18.9 Å². The Labute approximate surface area is 98.4 Å². The zero-order valence-electron chi connectivity index (χ0n) is 9.17. The molecule has 1 fully saturated rings. The third-order valence-electron chi connectivity index (χ3n) is 2.94. The summed E-state index contributed by atoms with van der Waals surface area (Å²) in [6, 6.07) is 2.43. The molecule has 0 radical (unpaired) electrons. The maximum atomic E-state index is 5.39. The van der Waals surface area contributed by atoms with Crippen molar-refractivity contribution in [2.45, 2.75) is 31.9 Å². The minimum atomic E-state index is -0.0218. The lowest BCUT2D eigenvalue weighted by Crippen LogP contribution is -2.18. The van der Waals surface area contributed by atoms with Gasteiger partial charge < -0.3 is 10.1 Å². The van der Waals surface area contributed by atoms with E-state index in [1.54, 1.807) is 7.11 Å². The van der Waals surface area contributed by atoms with Gasteiger partial charge in [0.15, 0.2) is 0 Å². The van der Waals surface area contributed by atoms with E-state index in [0.29, 0.717) is 6.04 Å². The van der Waals surface area contributed by atoms with Crippen molar-refractivity contribution in [3.63, 3.8) is 0 Å². The van der Waals surface area contributed by atoms with Crippen LogP contribution >= 0.6 is 15.9 Å². The Kier molecular flexibility index (Phi) is 2.73. The van der Waals surface area contributed by atoms with Crippen LogP contribution in [0.3, 0.4) is 0 Å². The molecule has 1 aromatic heterocycles. The molecule has 4 heteroatoms. The molecule has 0 aliphatic heterocycles. The first-order chi connectivity index (χ1) is 7.05. The summed E-state index contributed by atoms with van der Waals surface area (Å²) in [6.45, 7) is 4.13. The maximum Gasteiger partial charge on any atom is 0.140 e.